The number of aromatic nitrogens is 3. The maximum absolute atomic E-state index is 4.07. The first kappa shape index (κ1) is 14.2. The Morgan fingerprint density at radius 1 is 1.37 bits per heavy atom. The summed E-state index contributed by atoms with van der Waals surface area (Å²) in [4.78, 5) is 0. The van der Waals surface area contributed by atoms with Crippen LogP contribution in [0.2, 0.25) is 0 Å². The van der Waals surface area contributed by atoms with Gasteiger partial charge in [0.25, 0.3) is 0 Å². The molecule has 0 fully saturated rings. The van der Waals surface area contributed by atoms with E-state index in [2.05, 4.69) is 68.1 Å². The highest BCUT2D eigenvalue weighted by Gasteiger charge is 2.02. The van der Waals surface area contributed by atoms with Crippen LogP contribution in [0.1, 0.15) is 23.9 Å². The molecule has 19 heavy (non-hydrogen) atoms. The van der Waals surface area contributed by atoms with Crippen LogP contribution in [-0.2, 0) is 19.5 Å². The smallest absolute Gasteiger partial charge is 0.132 e. The lowest BCUT2D eigenvalue weighted by Crippen LogP contribution is -2.20. The molecule has 1 heterocycles. The summed E-state index contributed by atoms with van der Waals surface area (Å²) in [6.45, 7) is 6.87. The zero-order valence-corrected chi connectivity index (χ0v) is 12.9. The van der Waals surface area contributed by atoms with Gasteiger partial charge in [0.1, 0.15) is 12.2 Å². The molecule has 4 nitrogen and oxygen atoms in total. The molecule has 0 atom stereocenters. The summed E-state index contributed by atoms with van der Waals surface area (Å²) < 4.78 is 3.26. The monoisotopic (exact) mass is 322 g/mol. The average Bonchev–Trinajstić information content (AvgIpc) is 2.84. The third-order valence-corrected chi connectivity index (χ3v) is 3.80. The van der Waals surface area contributed by atoms with Crippen LogP contribution in [0.15, 0.2) is 29.0 Å². The number of aryl methyl sites for hydroxylation is 2. The van der Waals surface area contributed by atoms with E-state index in [-0.39, 0.29) is 0 Å². The molecular formula is C14H19BrN4. The Kier molecular flexibility index (Phi) is 5.10. The molecule has 5 heteroatoms. The zero-order chi connectivity index (χ0) is 13.7. The Hall–Kier alpha value is -1.20. The van der Waals surface area contributed by atoms with Gasteiger partial charge < -0.3 is 9.88 Å². The van der Waals surface area contributed by atoms with Gasteiger partial charge in [-0.25, -0.2) is 0 Å². The lowest BCUT2D eigenvalue weighted by Gasteiger charge is -2.09. The van der Waals surface area contributed by atoms with Gasteiger partial charge in [0, 0.05) is 30.5 Å². The van der Waals surface area contributed by atoms with E-state index < -0.39 is 0 Å². The molecule has 0 aliphatic rings. The van der Waals surface area contributed by atoms with Gasteiger partial charge in [-0.3, -0.25) is 0 Å². The number of hydrogen-bond acceptors (Lipinski definition) is 3. The summed E-state index contributed by atoms with van der Waals surface area (Å²) in [5.74, 6) is 1.04. The van der Waals surface area contributed by atoms with E-state index in [0.717, 1.165) is 31.9 Å². The molecule has 0 bridgehead atoms. The van der Waals surface area contributed by atoms with Crippen molar-refractivity contribution in [2.24, 2.45) is 0 Å². The summed E-state index contributed by atoms with van der Waals surface area (Å²) >= 11 is 3.60. The molecule has 102 valence electrons. The molecule has 0 aliphatic carbocycles. The number of nitrogens with zero attached hydrogens (tertiary/aromatic N) is 3. The highest BCUT2D eigenvalue weighted by molar-refractivity contribution is 9.10. The molecule has 1 aromatic heterocycles. The quantitative estimate of drug-likeness (QED) is 0.831. The molecular weight excluding hydrogens is 304 g/mol. The predicted molar refractivity (Wildman–Crippen MR) is 80.0 cm³/mol. The van der Waals surface area contributed by atoms with Gasteiger partial charge in [0.05, 0.1) is 0 Å². The van der Waals surface area contributed by atoms with Crippen molar-refractivity contribution in [1.82, 2.24) is 20.1 Å². The van der Waals surface area contributed by atoms with Gasteiger partial charge in [-0.15, -0.1) is 10.2 Å². The Morgan fingerprint density at radius 3 is 2.95 bits per heavy atom. The van der Waals surface area contributed by atoms with E-state index in [9.17, 15) is 0 Å². The summed E-state index contributed by atoms with van der Waals surface area (Å²) in [7, 11) is 0. The topological polar surface area (TPSA) is 42.7 Å². The van der Waals surface area contributed by atoms with Gasteiger partial charge in [-0.1, -0.05) is 35.0 Å². The Bertz CT molecular complexity index is 536. The van der Waals surface area contributed by atoms with Gasteiger partial charge in [0.2, 0.25) is 0 Å². The molecule has 2 rings (SSSR count). The van der Waals surface area contributed by atoms with Gasteiger partial charge in [0.15, 0.2) is 0 Å². The number of halogens is 1. The molecule has 0 saturated carbocycles. The van der Waals surface area contributed by atoms with E-state index in [1.807, 2.05) is 0 Å². The van der Waals surface area contributed by atoms with E-state index in [4.69, 9.17) is 0 Å². The Balaban J connectivity index is 1.81. The lowest BCUT2D eigenvalue weighted by molar-refractivity contribution is 0.580. The minimum Gasteiger partial charge on any atom is -0.316 e. The Morgan fingerprint density at radius 2 is 2.21 bits per heavy atom. The van der Waals surface area contributed by atoms with Crippen LogP contribution in [0, 0.1) is 6.92 Å². The molecule has 0 aliphatic heterocycles. The minimum atomic E-state index is 0.866. The van der Waals surface area contributed by atoms with Gasteiger partial charge in [-0.2, -0.15) is 0 Å². The molecule has 0 radical (unpaired) electrons. The predicted octanol–water partition coefficient (Wildman–Crippen LogP) is 2.70. The molecule has 1 N–H and O–H groups in total. The van der Waals surface area contributed by atoms with Gasteiger partial charge in [-0.05, 0) is 24.1 Å². The zero-order valence-electron chi connectivity index (χ0n) is 11.4. The SMILES string of the molecule is CCc1nncn1CCNCc1ccc(C)cc1Br. The van der Waals surface area contributed by atoms with Crippen molar-refractivity contribution >= 4 is 15.9 Å². The van der Waals surface area contributed by atoms with Crippen molar-refractivity contribution in [1.29, 1.82) is 0 Å². The first-order chi connectivity index (χ1) is 9.20. The van der Waals surface area contributed by atoms with Crippen LogP contribution in [0.4, 0.5) is 0 Å². The highest BCUT2D eigenvalue weighted by Crippen LogP contribution is 2.17. The maximum atomic E-state index is 4.07. The summed E-state index contributed by atoms with van der Waals surface area (Å²) in [5, 5.41) is 11.4. The first-order valence-corrected chi connectivity index (χ1v) is 7.32. The summed E-state index contributed by atoms with van der Waals surface area (Å²) in [6.07, 6.45) is 2.71. The van der Waals surface area contributed by atoms with Crippen LogP contribution >= 0.6 is 15.9 Å². The Labute approximate surface area is 122 Å². The lowest BCUT2D eigenvalue weighted by atomic mass is 10.1. The van der Waals surface area contributed by atoms with Crippen molar-refractivity contribution < 1.29 is 0 Å². The third-order valence-electron chi connectivity index (χ3n) is 3.07. The second-order valence-electron chi connectivity index (χ2n) is 4.57. The van der Waals surface area contributed by atoms with Crippen molar-refractivity contribution in [3.63, 3.8) is 0 Å². The highest BCUT2D eigenvalue weighted by atomic mass is 79.9. The van der Waals surface area contributed by atoms with Crippen LogP contribution in [0.3, 0.4) is 0 Å². The summed E-state index contributed by atoms with van der Waals surface area (Å²) in [5.41, 5.74) is 2.55. The second-order valence-corrected chi connectivity index (χ2v) is 5.42. The largest absolute Gasteiger partial charge is 0.316 e. The van der Waals surface area contributed by atoms with Crippen LogP contribution < -0.4 is 5.32 Å². The number of hydrogen-bond donors (Lipinski definition) is 1. The average molecular weight is 323 g/mol. The first-order valence-electron chi connectivity index (χ1n) is 6.53. The van der Waals surface area contributed by atoms with Crippen LogP contribution in [0.25, 0.3) is 0 Å². The molecule has 0 unspecified atom stereocenters. The maximum Gasteiger partial charge on any atom is 0.132 e. The normalized spacial score (nSPS) is 10.9. The van der Waals surface area contributed by atoms with E-state index in [1.165, 1.54) is 15.6 Å². The number of benzene rings is 1. The van der Waals surface area contributed by atoms with Crippen molar-refractivity contribution in [2.45, 2.75) is 33.4 Å². The molecule has 0 amide bonds. The van der Waals surface area contributed by atoms with Gasteiger partial charge >= 0.3 is 0 Å². The number of rotatable bonds is 6. The fraction of sp³-hybridized carbons (Fsp3) is 0.429. The molecule has 2 aromatic rings. The third kappa shape index (κ3) is 3.88. The van der Waals surface area contributed by atoms with Crippen molar-refractivity contribution in [3.8, 4) is 0 Å². The van der Waals surface area contributed by atoms with E-state index in [0.29, 0.717) is 0 Å². The van der Waals surface area contributed by atoms with E-state index >= 15 is 0 Å². The van der Waals surface area contributed by atoms with Crippen molar-refractivity contribution in [3.05, 3.63) is 46.0 Å². The van der Waals surface area contributed by atoms with Crippen LogP contribution in [-0.4, -0.2) is 21.3 Å². The number of nitrogens with one attached hydrogen (secondary N) is 1. The molecule has 1 aromatic carbocycles. The molecule has 0 saturated heterocycles. The minimum absolute atomic E-state index is 0.866. The fourth-order valence-electron chi connectivity index (χ4n) is 1.96. The summed E-state index contributed by atoms with van der Waals surface area (Å²) in [6, 6.07) is 6.44. The second kappa shape index (κ2) is 6.82. The standard InChI is InChI=1S/C14H19BrN4/c1-3-14-18-17-10-19(14)7-6-16-9-12-5-4-11(2)8-13(12)15/h4-5,8,10,16H,3,6-7,9H2,1-2H3. The van der Waals surface area contributed by atoms with Crippen LogP contribution in [0.5, 0.6) is 0 Å². The van der Waals surface area contributed by atoms with E-state index in [1.54, 1.807) is 6.33 Å². The molecule has 0 spiro atoms. The van der Waals surface area contributed by atoms with Crippen molar-refractivity contribution in [2.75, 3.05) is 6.54 Å². The fourth-order valence-corrected chi connectivity index (χ4v) is 2.59.